The third-order valence-electron chi connectivity index (χ3n) is 9.01. The SMILES string of the molecule is c1ccc([CH2][Ge]2([CH2]c3ccccc3)[O][Ge]([CH2]c3ccccc3)([CH2]c3ccccc3)[O][Ge]([CH2]c3ccccc3)([CH2]c3ccccc3)[O]2)cc1. The summed E-state index contributed by atoms with van der Waals surface area (Å²) in [5, 5.41) is 5.04. The second-order valence-corrected chi connectivity index (χ2v) is 36.9. The van der Waals surface area contributed by atoms with E-state index in [1.807, 2.05) is 0 Å². The van der Waals surface area contributed by atoms with Gasteiger partial charge in [0.1, 0.15) is 0 Å². The first-order valence-corrected chi connectivity index (χ1v) is 31.0. The van der Waals surface area contributed by atoms with Gasteiger partial charge in [-0.05, 0) is 0 Å². The van der Waals surface area contributed by atoms with Crippen LogP contribution in [0.2, 0.25) is 0 Å². The molecule has 6 aromatic rings. The van der Waals surface area contributed by atoms with Crippen LogP contribution < -0.4 is 0 Å². The van der Waals surface area contributed by atoms with Gasteiger partial charge in [0.2, 0.25) is 0 Å². The zero-order valence-electron chi connectivity index (χ0n) is 27.3. The zero-order valence-corrected chi connectivity index (χ0v) is 33.6. The van der Waals surface area contributed by atoms with E-state index in [0.717, 1.165) is 31.5 Å². The topological polar surface area (TPSA) is 27.7 Å². The van der Waals surface area contributed by atoms with E-state index in [0.29, 0.717) is 0 Å². The summed E-state index contributed by atoms with van der Waals surface area (Å²) in [5.41, 5.74) is 7.76. The van der Waals surface area contributed by atoms with Crippen molar-refractivity contribution in [1.29, 1.82) is 0 Å². The minimum absolute atomic E-state index is 0.840. The average molecular weight is 813 g/mol. The number of benzene rings is 6. The van der Waals surface area contributed by atoms with Gasteiger partial charge in [0.15, 0.2) is 0 Å². The first-order chi connectivity index (χ1) is 23.6. The molecule has 6 heteroatoms. The molecule has 0 aliphatic carbocycles. The van der Waals surface area contributed by atoms with Gasteiger partial charge in [-0.25, -0.2) is 0 Å². The summed E-state index contributed by atoms with van der Waals surface area (Å²) in [7, 11) is 0. The van der Waals surface area contributed by atoms with Crippen LogP contribution in [0.5, 0.6) is 0 Å². The van der Waals surface area contributed by atoms with Crippen molar-refractivity contribution >= 4 is 41.8 Å². The molecule has 1 aliphatic rings. The summed E-state index contributed by atoms with van der Waals surface area (Å²) < 4.78 is 24.0. The van der Waals surface area contributed by atoms with Gasteiger partial charge in [-0.15, -0.1) is 0 Å². The summed E-state index contributed by atoms with van der Waals surface area (Å²) in [6.45, 7) is 0. The van der Waals surface area contributed by atoms with Crippen molar-refractivity contribution < 1.29 is 8.37 Å². The van der Waals surface area contributed by atoms with Crippen molar-refractivity contribution in [2.45, 2.75) is 31.5 Å². The Bertz CT molecular complexity index is 1480. The monoisotopic (exact) mass is 816 g/mol. The molecular weight excluding hydrogens is 770 g/mol. The van der Waals surface area contributed by atoms with Crippen molar-refractivity contribution in [1.82, 2.24) is 0 Å². The van der Waals surface area contributed by atoms with Crippen molar-refractivity contribution in [2.24, 2.45) is 0 Å². The Hall–Kier alpha value is -3.17. The number of hydrogen-bond acceptors (Lipinski definition) is 3. The molecule has 0 bridgehead atoms. The summed E-state index contributed by atoms with van der Waals surface area (Å²) in [6, 6.07) is 65.5. The van der Waals surface area contributed by atoms with Gasteiger partial charge in [-0.3, -0.25) is 0 Å². The fraction of sp³-hybridized carbons (Fsp3) is 0.143. The third kappa shape index (κ3) is 8.70. The van der Waals surface area contributed by atoms with Crippen LogP contribution in [0.25, 0.3) is 0 Å². The molecule has 3 nitrogen and oxygen atoms in total. The van der Waals surface area contributed by atoms with Crippen LogP contribution in [0.4, 0.5) is 0 Å². The van der Waals surface area contributed by atoms with E-state index in [1.54, 1.807) is 0 Å². The van der Waals surface area contributed by atoms with Gasteiger partial charge in [0.05, 0.1) is 0 Å². The van der Waals surface area contributed by atoms with E-state index in [2.05, 4.69) is 182 Å². The van der Waals surface area contributed by atoms with Crippen molar-refractivity contribution in [3.63, 3.8) is 0 Å². The zero-order chi connectivity index (χ0) is 32.5. The van der Waals surface area contributed by atoms with Crippen LogP contribution in [0.1, 0.15) is 33.4 Å². The van der Waals surface area contributed by atoms with Crippen LogP contribution in [-0.4, -0.2) is 41.8 Å². The standard InChI is InChI=1S/C42H42Ge3O3/c1-7-19-37(20-8-1)31-43(32-38-21-9-2-10-22-38)46-44(33-39-23-11-3-12-24-39,34-40-25-13-4-14-26-40)48-45(47-43,35-41-27-15-5-16-28-41)36-42-29-17-6-18-30-42/h1-30H,31-36H2. The van der Waals surface area contributed by atoms with Crippen LogP contribution >= 0.6 is 0 Å². The summed E-state index contributed by atoms with van der Waals surface area (Å²) in [4.78, 5) is 0. The molecule has 0 radical (unpaired) electrons. The predicted octanol–water partition coefficient (Wildman–Crippen LogP) is 9.07. The Morgan fingerprint density at radius 2 is 0.375 bits per heavy atom. The second kappa shape index (κ2) is 15.6. The second-order valence-electron chi connectivity index (χ2n) is 13.0. The molecule has 1 aliphatic heterocycles. The van der Waals surface area contributed by atoms with Gasteiger partial charge in [-0.2, -0.15) is 0 Å². The molecule has 0 unspecified atom stereocenters. The van der Waals surface area contributed by atoms with E-state index in [4.69, 9.17) is 8.37 Å². The molecule has 6 aromatic carbocycles. The Morgan fingerprint density at radius 3 is 0.521 bits per heavy atom. The van der Waals surface area contributed by atoms with Gasteiger partial charge in [-0.1, -0.05) is 0 Å². The van der Waals surface area contributed by atoms with E-state index in [9.17, 15) is 0 Å². The van der Waals surface area contributed by atoms with Gasteiger partial charge >= 0.3 is 297 Å². The van der Waals surface area contributed by atoms with Gasteiger partial charge in [0, 0.05) is 0 Å². The average Bonchev–Trinajstić information content (AvgIpc) is 3.10. The molecule has 0 N–H and O–H groups in total. The van der Waals surface area contributed by atoms with Gasteiger partial charge < -0.3 is 0 Å². The molecule has 1 fully saturated rings. The third-order valence-corrected chi connectivity index (χ3v) is 50.0. The molecule has 0 amide bonds. The van der Waals surface area contributed by atoms with Crippen LogP contribution in [-0.2, 0) is 39.9 Å². The summed E-state index contributed by atoms with van der Waals surface area (Å²) in [5.74, 6) is 0. The molecule has 0 saturated carbocycles. The number of rotatable bonds is 12. The Labute approximate surface area is 295 Å². The maximum atomic E-state index is 7.99. The Morgan fingerprint density at radius 1 is 0.229 bits per heavy atom. The Balaban J connectivity index is 1.44. The van der Waals surface area contributed by atoms with Crippen LogP contribution in [0.3, 0.4) is 0 Å². The Kier molecular flexibility index (Phi) is 10.8. The fourth-order valence-corrected chi connectivity index (χ4v) is 65.1. The molecule has 1 saturated heterocycles. The van der Waals surface area contributed by atoms with Crippen LogP contribution in [0, 0.1) is 0 Å². The summed E-state index contributed by atoms with van der Waals surface area (Å²) in [6.07, 6.45) is 0. The van der Waals surface area contributed by atoms with Crippen molar-refractivity contribution in [3.8, 4) is 0 Å². The van der Waals surface area contributed by atoms with E-state index >= 15 is 0 Å². The van der Waals surface area contributed by atoms with Crippen molar-refractivity contribution in [3.05, 3.63) is 215 Å². The number of hydrogen-bond donors (Lipinski definition) is 0. The first-order valence-electron chi connectivity index (χ1n) is 16.9. The molecule has 0 aromatic heterocycles. The van der Waals surface area contributed by atoms with Crippen molar-refractivity contribution in [2.75, 3.05) is 0 Å². The minimum atomic E-state index is -3.75. The molecular formula is C42H42Ge3O3. The molecule has 0 atom stereocenters. The van der Waals surface area contributed by atoms with Crippen LogP contribution in [0.15, 0.2) is 182 Å². The quantitative estimate of drug-likeness (QED) is 0.116. The molecule has 240 valence electrons. The molecule has 7 rings (SSSR count). The maximum absolute atomic E-state index is 7.99. The predicted molar refractivity (Wildman–Crippen MR) is 201 cm³/mol. The fourth-order valence-electron chi connectivity index (χ4n) is 7.14. The first kappa shape index (κ1) is 33.3. The summed E-state index contributed by atoms with van der Waals surface area (Å²) >= 11 is -11.3. The van der Waals surface area contributed by atoms with E-state index in [1.165, 1.54) is 33.4 Å². The van der Waals surface area contributed by atoms with Gasteiger partial charge in [0.25, 0.3) is 0 Å². The molecule has 0 spiro atoms. The van der Waals surface area contributed by atoms with E-state index in [-0.39, 0.29) is 0 Å². The normalized spacial score (nSPS) is 16.2. The molecule has 48 heavy (non-hydrogen) atoms. The van der Waals surface area contributed by atoms with E-state index < -0.39 is 41.8 Å². The molecule has 1 heterocycles.